The highest BCUT2D eigenvalue weighted by atomic mass is 32.1. The Morgan fingerprint density at radius 2 is 2.21 bits per heavy atom. The van der Waals surface area contributed by atoms with Crippen LogP contribution in [-0.4, -0.2) is 28.1 Å². The highest BCUT2D eigenvalue weighted by Gasteiger charge is 2.25. The summed E-state index contributed by atoms with van der Waals surface area (Å²) in [5.41, 5.74) is 0.438. The van der Waals surface area contributed by atoms with Gasteiger partial charge >= 0.3 is 0 Å². The first-order valence-corrected chi connectivity index (χ1v) is 8.80. The molecule has 24 heavy (non-hydrogen) atoms. The molecular weight excluding hydrogens is 324 g/mol. The van der Waals surface area contributed by atoms with E-state index in [0.29, 0.717) is 17.9 Å². The molecule has 0 fully saturated rings. The Hall–Kier alpha value is -1.92. The summed E-state index contributed by atoms with van der Waals surface area (Å²) < 4.78 is 5.69. The molecule has 2 aromatic rings. The molecule has 0 saturated carbocycles. The highest BCUT2D eigenvalue weighted by Crippen LogP contribution is 2.18. The number of nitrogens with zero attached hydrogens (tertiary/aromatic N) is 1. The first kappa shape index (κ1) is 18.4. The molecule has 2 N–H and O–H groups in total. The predicted molar refractivity (Wildman–Crippen MR) is 95.4 cm³/mol. The monoisotopic (exact) mass is 348 g/mol. The molecule has 0 spiro atoms. The lowest BCUT2D eigenvalue weighted by Gasteiger charge is -2.27. The van der Waals surface area contributed by atoms with Gasteiger partial charge in [0.1, 0.15) is 12.4 Å². The molecule has 0 saturated heterocycles. The Labute approximate surface area is 146 Å². The van der Waals surface area contributed by atoms with Crippen LogP contribution in [0.15, 0.2) is 29.6 Å². The largest absolute Gasteiger partial charge is 0.487 e. The van der Waals surface area contributed by atoms with Gasteiger partial charge in [0.2, 0.25) is 0 Å². The number of nitrogens with one attached hydrogen (secondary N) is 1. The number of benzene rings is 1. The fraction of sp³-hybridized carbons (Fsp3) is 0.444. The maximum absolute atomic E-state index is 12.3. The van der Waals surface area contributed by atoms with Gasteiger partial charge < -0.3 is 15.2 Å². The number of ether oxygens (including phenoxy) is 1. The van der Waals surface area contributed by atoms with Crippen molar-refractivity contribution in [2.45, 2.75) is 39.9 Å². The minimum absolute atomic E-state index is 0.0500. The maximum atomic E-state index is 12.3. The van der Waals surface area contributed by atoms with Crippen molar-refractivity contribution in [2.24, 2.45) is 5.92 Å². The molecule has 1 atom stereocenters. The maximum Gasteiger partial charge on any atom is 0.251 e. The van der Waals surface area contributed by atoms with E-state index < -0.39 is 5.60 Å². The Morgan fingerprint density at radius 1 is 1.46 bits per heavy atom. The molecule has 6 heteroatoms. The minimum Gasteiger partial charge on any atom is -0.487 e. The van der Waals surface area contributed by atoms with Crippen LogP contribution in [0.25, 0.3) is 0 Å². The van der Waals surface area contributed by atoms with Crippen LogP contribution in [-0.2, 0) is 6.61 Å². The summed E-state index contributed by atoms with van der Waals surface area (Å²) >= 11 is 1.58. The predicted octanol–water partition coefficient (Wildman–Crippen LogP) is 3.17. The average Bonchev–Trinajstić information content (AvgIpc) is 2.96. The van der Waals surface area contributed by atoms with E-state index in [1.165, 1.54) is 0 Å². The number of thiazole rings is 1. The molecule has 0 aliphatic heterocycles. The van der Waals surface area contributed by atoms with Crippen LogP contribution >= 0.6 is 11.3 Å². The zero-order chi connectivity index (χ0) is 17.7. The number of hydrogen-bond donors (Lipinski definition) is 2. The SMILES string of the molecule is Cc1nc(COc2cccc(C(=O)NCC(C)(O)C(C)C)c2)cs1. The lowest BCUT2D eigenvalue weighted by molar-refractivity contribution is 0.0142. The number of hydrogen-bond acceptors (Lipinski definition) is 5. The van der Waals surface area contributed by atoms with Crippen LogP contribution in [0, 0.1) is 12.8 Å². The number of aromatic nitrogens is 1. The van der Waals surface area contributed by atoms with E-state index in [4.69, 9.17) is 4.74 Å². The summed E-state index contributed by atoms with van der Waals surface area (Å²) in [7, 11) is 0. The molecule has 5 nitrogen and oxygen atoms in total. The van der Waals surface area contributed by atoms with Crippen molar-refractivity contribution in [1.29, 1.82) is 0 Å². The molecule has 1 aromatic carbocycles. The highest BCUT2D eigenvalue weighted by molar-refractivity contribution is 7.09. The summed E-state index contributed by atoms with van der Waals surface area (Å²) in [4.78, 5) is 16.6. The molecule has 0 bridgehead atoms. The van der Waals surface area contributed by atoms with Gasteiger partial charge in [-0.25, -0.2) is 4.98 Å². The van der Waals surface area contributed by atoms with Gasteiger partial charge in [-0.3, -0.25) is 4.79 Å². The molecule has 0 aliphatic rings. The summed E-state index contributed by atoms with van der Waals surface area (Å²) in [6, 6.07) is 7.00. The number of rotatable bonds is 7. The first-order valence-electron chi connectivity index (χ1n) is 7.92. The van der Waals surface area contributed by atoms with Crippen molar-refractivity contribution in [1.82, 2.24) is 10.3 Å². The van der Waals surface area contributed by atoms with E-state index >= 15 is 0 Å². The van der Waals surface area contributed by atoms with E-state index in [1.54, 1.807) is 42.5 Å². The Bertz CT molecular complexity index is 695. The molecule has 1 amide bonds. The molecule has 130 valence electrons. The smallest absolute Gasteiger partial charge is 0.251 e. The third kappa shape index (κ3) is 5.04. The molecular formula is C18H24N2O3S. The van der Waals surface area contributed by atoms with Gasteiger partial charge in [0.15, 0.2) is 0 Å². The number of amides is 1. The Balaban J connectivity index is 1.95. The molecule has 1 aromatic heterocycles. The van der Waals surface area contributed by atoms with E-state index in [2.05, 4.69) is 10.3 Å². The lowest BCUT2D eigenvalue weighted by Crippen LogP contribution is -2.44. The van der Waals surface area contributed by atoms with Gasteiger partial charge in [-0.2, -0.15) is 0 Å². The number of carbonyl (C=O) groups is 1. The summed E-state index contributed by atoms with van der Waals surface area (Å²) in [5.74, 6) is 0.434. The van der Waals surface area contributed by atoms with E-state index in [1.807, 2.05) is 26.2 Å². The second-order valence-electron chi connectivity index (χ2n) is 6.37. The zero-order valence-electron chi connectivity index (χ0n) is 14.5. The minimum atomic E-state index is -0.938. The zero-order valence-corrected chi connectivity index (χ0v) is 15.3. The second-order valence-corrected chi connectivity index (χ2v) is 7.43. The Morgan fingerprint density at radius 3 is 2.83 bits per heavy atom. The van der Waals surface area contributed by atoms with Crippen LogP contribution in [0.3, 0.4) is 0 Å². The number of carbonyl (C=O) groups excluding carboxylic acids is 1. The third-order valence-corrected chi connectivity index (χ3v) is 4.82. The van der Waals surface area contributed by atoms with Crippen molar-refractivity contribution >= 4 is 17.2 Å². The summed E-state index contributed by atoms with van der Waals surface area (Å²) in [6.07, 6.45) is 0. The van der Waals surface area contributed by atoms with Gasteiger partial charge in [-0.1, -0.05) is 19.9 Å². The topological polar surface area (TPSA) is 71.5 Å². The van der Waals surface area contributed by atoms with Gasteiger partial charge in [0, 0.05) is 17.5 Å². The van der Waals surface area contributed by atoms with E-state index in [0.717, 1.165) is 10.7 Å². The van der Waals surface area contributed by atoms with Crippen molar-refractivity contribution in [2.75, 3.05) is 6.54 Å². The van der Waals surface area contributed by atoms with Crippen LogP contribution in [0.2, 0.25) is 0 Å². The molecule has 0 aliphatic carbocycles. The van der Waals surface area contributed by atoms with Crippen LogP contribution in [0.1, 0.15) is 41.8 Å². The van der Waals surface area contributed by atoms with Crippen molar-refractivity contribution in [3.8, 4) is 5.75 Å². The van der Waals surface area contributed by atoms with Gasteiger partial charge in [-0.05, 0) is 38.0 Å². The van der Waals surface area contributed by atoms with E-state index in [-0.39, 0.29) is 18.4 Å². The number of aliphatic hydroxyl groups is 1. The molecule has 1 heterocycles. The Kier molecular flexibility index (Phi) is 5.96. The molecule has 1 unspecified atom stereocenters. The summed E-state index contributed by atoms with van der Waals surface area (Å²) in [6.45, 7) is 8.07. The fourth-order valence-corrected chi connectivity index (χ4v) is 2.52. The van der Waals surface area contributed by atoms with Crippen molar-refractivity contribution in [3.05, 3.63) is 45.9 Å². The third-order valence-electron chi connectivity index (χ3n) is 4.00. The summed E-state index contributed by atoms with van der Waals surface area (Å²) in [5, 5.41) is 15.9. The van der Waals surface area contributed by atoms with Crippen molar-refractivity contribution in [3.63, 3.8) is 0 Å². The van der Waals surface area contributed by atoms with Gasteiger partial charge in [0.25, 0.3) is 5.91 Å². The lowest BCUT2D eigenvalue weighted by atomic mass is 9.92. The first-order chi connectivity index (χ1) is 11.3. The molecule has 2 rings (SSSR count). The second kappa shape index (κ2) is 7.77. The van der Waals surface area contributed by atoms with E-state index in [9.17, 15) is 9.90 Å². The quantitative estimate of drug-likeness (QED) is 0.806. The van der Waals surface area contributed by atoms with Crippen molar-refractivity contribution < 1.29 is 14.6 Å². The normalized spacial score (nSPS) is 13.6. The van der Waals surface area contributed by atoms with Crippen LogP contribution in [0.4, 0.5) is 0 Å². The fourth-order valence-electron chi connectivity index (χ4n) is 1.92. The van der Waals surface area contributed by atoms with Crippen LogP contribution in [0.5, 0.6) is 5.75 Å². The van der Waals surface area contributed by atoms with Crippen LogP contribution < -0.4 is 10.1 Å². The average molecular weight is 348 g/mol. The van der Waals surface area contributed by atoms with Gasteiger partial charge in [-0.15, -0.1) is 11.3 Å². The number of aryl methyl sites for hydroxylation is 1. The van der Waals surface area contributed by atoms with Gasteiger partial charge in [0.05, 0.1) is 16.3 Å². The molecule has 0 radical (unpaired) electrons. The standard InChI is InChI=1S/C18H24N2O3S/c1-12(2)18(4,22)11-19-17(21)14-6-5-7-16(8-14)23-9-15-10-24-13(3)20-15/h5-8,10,12,22H,9,11H2,1-4H3,(H,19,21).